The molecule has 0 spiro atoms. The van der Waals surface area contributed by atoms with Gasteiger partial charge in [-0.15, -0.1) is 0 Å². The van der Waals surface area contributed by atoms with Crippen molar-refractivity contribution in [1.29, 1.82) is 0 Å². The molecule has 0 aliphatic heterocycles. The maximum Gasteiger partial charge on any atom is 0.254 e. The Morgan fingerprint density at radius 3 is 2.72 bits per heavy atom. The van der Waals surface area contributed by atoms with Crippen molar-refractivity contribution in [2.24, 2.45) is 0 Å². The van der Waals surface area contributed by atoms with Gasteiger partial charge in [-0.3, -0.25) is 9.78 Å². The smallest absolute Gasteiger partial charge is 0.254 e. The summed E-state index contributed by atoms with van der Waals surface area (Å²) in [5.74, 6) is -0.634. The molecule has 0 saturated heterocycles. The number of halogens is 1. The third-order valence-corrected chi connectivity index (χ3v) is 3.88. The minimum Gasteiger partial charge on any atom is -0.351 e. The first kappa shape index (κ1) is 14.9. The van der Waals surface area contributed by atoms with Crippen molar-refractivity contribution in [3.8, 4) is 0 Å². The number of hydrogen-bond acceptors (Lipinski definition) is 4. The van der Waals surface area contributed by atoms with Gasteiger partial charge in [0, 0.05) is 18.4 Å². The summed E-state index contributed by atoms with van der Waals surface area (Å²) < 4.78 is 24.4. The second-order valence-electron chi connectivity index (χ2n) is 3.58. The van der Waals surface area contributed by atoms with Crippen molar-refractivity contribution in [1.82, 2.24) is 15.0 Å². The normalized spacial score (nSPS) is 11.3. The van der Waals surface area contributed by atoms with Crippen LogP contribution in [0.1, 0.15) is 16.1 Å². The molecule has 1 aromatic heterocycles. The van der Waals surface area contributed by atoms with Gasteiger partial charge in [0.1, 0.15) is 0 Å². The van der Waals surface area contributed by atoms with E-state index in [0.29, 0.717) is 5.69 Å². The fourth-order valence-electron chi connectivity index (χ4n) is 1.19. The van der Waals surface area contributed by atoms with Gasteiger partial charge in [-0.05, 0) is 20.0 Å². The van der Waals surface area contributed by atoms with Crippen LogP contribution in [0.25, 0.3) is 0 Å². The van der Waals surface area contributed by atoms with Gasteiger partial charge in [-0.1, -0.05) is 11.6 Å². The topological polar surface area (TPSA) is 88.2 Å². The molecule has 0 saturated carbocycles. The molecule has 1 amide bonds. The Balaban J connectivity index is 2.61. The number of aromatic nitrogens is 1. The third-order valence-electron chi connectivity index (χ3n) is 2.20. The molecule has 1 heterocycles. The van der Waals surface area contributed by atoms with Crippen LogP contribution in [0.3, 0.4) is 0 Å². The van der Waals surface area contributed by atoms with Crippen LogP contribution < -0.4 is 10.0 Å². The molecule has 0 aliphatic carbocycles. The van der Waals surface area contributed by atoms with Gasteiger partial charge in [0.2, 0.25) is 10.0 Å². The maximum absolute atomic E-state index is 11.7. The molecule has 18 heavy (non-hydrogen) atoms. The van der Waals surface area contributed by atoms with Crippen molar-refractivity contribution in [2.75, 3.05) is 19.3 Å². The Hall–Kier alpha value is -1.18. The van der Waals surface area contributed by atoms with E-state index < -0.39 is 15.9 Å². The number of aryl methyl sites for hydroxylation is 1. The largest absolute Gasteiger partial charge is 0.351 e. The Morgan fingerprint density at radius 2 is 2.17 bits per heavy atom. The highest BCUT2D eigenvalue weighted by molar-refractivity contribution is 7.89. The first-order valence-electron chi connectivity index (χ1n) is 5.17. The van der Waals surface area contributed by atoms with Gasteiger partial charge in [-0.25, -0.2) is 13.1 Å². The van der Waals surface area contributed by atoms with Crippen molar-refractivity contribution in [3.63, 3.8) is 0 Å². The summed E-state index contributed by atoms with van der Waals surface area (Å²) in [5, 5.41) is 2.76. The van der Waals surface area contributed by atoms with E-state index in [0.717, 1.165) is 0 Å². The summed E-state index contributed by atoms with van der Waals surface area (Å²) in [4.78, 5) is 15.7. The molecular weight excluding hydrogens is 278 g/mol. The van der Waals surface area contributed by atoms with Crippen LogP contribution in [0.15, 0.2) is 12.3 Å². The lowest BCUT2D eigenvalue weighted by molar-refractivity contribution is 0.0956. The Bertz CT molecular complexity index is 545. The number of carbonyl (C=O) groups excluding carboxylic acids is 1. The molecule has 1 aromatic rings. The summed E-state index contributed by atoms with van der Waals surface area (Å²) in [6.07, 6.45) is 1.36. The van der Waals surface area contributed by atoms with Gasteiger partial charge in [-0.2, -0.15) is 0 Å². The van der Waals surface area contributed by atoms with Crippen LogP contribution in [0.5, 0.6) is 0 Å². The number of pyridine rings is 1. The summed E-state index contributed by atoms with van der Waals surface area (Å²) in [7, 11) is -2.01. The van der Waals surface area contributed by atoms with E-state index in [1.807, 2.05) is 0 Å². The van der Waals surface area contributed by atoms with E-state index in [-0.39, 0.29) is 22.9 Å². The number of amides is 1. The van der Waals surface area contributed by atoms with E-state index in [9.17, 15) is 13.2 Å². The molecule has 0 radical (unpaired) electrons. The molecule has 0 aromatic carbocycles. The van der Waals surface area contributed by atoms with Gasteiger partial charge in [0.05, 0.1) is 16.3 Å². The molecule has 0 unspecified atom stereocenters. The highest BCUT2D eigenvalue weighted by Crippen LogP contribution is 2.15. The maximum atomic E-state index is 11.7. The predicted octanol–water partition coefficient (Wildman–Crippen LogP) is 0.322. The third kappa shape index (κ3) is 4.25. The number of sulfonamides is 1. The Kier molecular flexibility index (Phi) is 5.06. The highest BCUT2D eigenvalue weighted by Gasteiger charge is 2.12. The van der Waals surface area contributed by atoms with Crippen molar-refractivity contribution >= 4 is 27.5 Å². The summed E-state index contributed by atoms with van der Waals surface area (Å²) in [6.45, 7) is 1.76. The van der Waals surface area contributed by atoms with E-state index in [4.69, 9.17) is 11.6 Å². The number of nitrogens with one attached hydrogen (secondary N) is 2. The lowest BCUT2D eigenvalue weighted by Crippen LogP contribution is -2.33. The summed E-state index contributed by atoms with van der Waals surface area (Å²) in [5.41, 5.74) is 0.929. The first-order valence-corrected chi connectivity index (χ1v) is 7.20. The molecule has 0 aliphatic rings. The van der Waals surface area contributed by atoms with Crippen molar-refractivity contribution < 1.29 is 13.2 Å². The monoisotopic (exact) mass is 291 g/mol. The van der Waals surface area contributed by atoms with Crippen molar-refractivity contribution in [3.05, 3.63) is 28.5 Å². The average molecular weight is 292 g/mol. The fraction of sp³-hybridized carbons (Fsp3) is 0.400. The Labute approximate surface area is 111 Å². The zero-order valence-electron chi connectivity index (χ0n) is 10.0. The second kappa shape index (κ2) is 6.12. The van der Waals surface area contributed by atoms with Gasteiger partial charge < -0.3 is 5.32 Å². The van der Waals surface area contributed by atoms with E-state index in [2.05, 4.69) is 15.0 Å². The van der Waals surface area contributed by atoms with Crippen LogP contribution in [0.2, 0.25) is 5.02 Å². The van der Waals surface area contributed by atoms with Crippen LogP contribution in [0, 0.1) is 6.92 Å². The first-order chi connectivity index (χ1) is 8.35. The molecule has 100 valence electrons. The lowest BCUT2D eigenvalue weighted by atomic mass is 10.2. The zero-order valence-corrected chi connectivity index (χ0v) is 11.6. The zero-order chi connectivity index (χ0) is 13.8. The molecule has 0 fully saturated rings. The van der Waals surface area contributed by atoms with Gasteiger partial charge >= 0.3 is 0 Å². The second-order valence-corrected chi connectivity index (χ2v) is 6.04. The minimum absolute atomic E-state index is 0.00616. The predicted molar refractivity (Wildman–Crippen MR) is 69.2 cm³/mol. The molecule has 1 rings (SSSR count). The van der Waals surface area contributed by atoms with Crippen molar-refractivity contribution in [2.45, 2.75) is 6.92 Å². The molecule has 6 nitrogen and oxygen atoms in total. The number of carbonyl (C=O) groups is 1. The Morgan fingerprint density at radius 1 is 1.50 bits per heavy atom. The van der Waals surface area contributed by atoms with Crippen LogP contribution in [-0.4, -0.2) is 38.7 Å². The number of nitrogens with zero attached hydrogens (tertiary/aromatic N) is 1. The molecule has 0 atom stereocenters. The number of rotatable bonds is 5. The summed E-state index contributed by atoms with van der Waals surface area (Å²) in [6, 6.07) is 1.57. The SMILES string of the molecule is CNS(=O)(=O)CCNC(=O)c1cnc(C)cc1Cl. The number of hydrogen-bond donors (Lipinski definition) is 2. The fourth-order valence-corrected chi connectivity index (χ4v) is 2.06. The summed E-state index contributed by atoms with van der Waals surface area (Å²) >= 11 is 5.89. The van der Waals surface area contributed by atoms with Gasteiger partial charge in [0.25, 0.3) is 5.91 Å². The van der Waals surface area contributed by atoms with Crippen LogP contribution in [0.4, 0.5) is 0 Å². The molecule has 8 heteroatoms. The van der Waals surface area contributed by atoms with Gasteiger partial charge in [0.15, 0.2) is 0 Å². The molecular formula is C10H14ClN3O3S. The van der Waals surface area contributed by atoms with E-state index in [1.165, 1.54) is 13.2 Å². The average Bonchev–Trinajstić information content (AvgIpc) is 2.28. The minimum atomic E-state index is -3.33. The standard InChI is InChI=1S/C10H14ClN3O3S/c1-7-5-9(11)8(6-14-7)10(15)13-3-4-18(16,17)12-2/h5-6,12H,3-4H2,1-2H3,(H,13,15). The lowest BCUT2D eigenvalue weighted by Gasteiger charge is -2.07. The van der Waals surface area contributed by atoms with E-state index >= 15 is 0 Å². The van der Waals surface area contributed by atoms with E-state index in [1.54, 1.807) is 13.0 Å². The molecule has 0 bridgehead atoms. The van der Waals surface area contributed by atoms with Crippen LogP contribution in [-0.2, 0) is 10.0 Å². The van der Waals surface area contributed by atoms with Crippen LogP contribution >= 0.6 is 11.6 Å². The highest BCUT2D eigenvalue weighted by atomic mass is 35.5. The quantitative estimate of drug-likeness (QED) is 0.818. The molecule has 2 N–H and O–H groups in total.